The molecule has 291 valence electrons. The fraction of sp³-hybridized carbons (Fsp3) is 0.462. The van der Waals surface area contributed by atoms with Crippen LogP contribution >= 0.6 is 17.0 Å². The molecule has 6 aliphatic carbocycles. The van der Waals surface area contributed by atoms with Crippen molar-refractivity contribution >= 4 is 35.1 Å². The van der Waals surface area contributed by atoms with Crippen LogP contribution < -0.4 is 0 Å². The zero-order valence-electron chi connectivity index (χ0n) is 34.7. The Morgan fingerprint density at radius 2 is 0.946 bits per heavy atom. The van der Waals surface area contributed by atoms with Gasteiger partial charge in [0.05, 0.1) is 0 Å². The predicted octanol–water partition coefficient (Wildman–Crippen LogP) is 15.8. The zero-order valence-corrected chi connectivity index (χ0v) is 39.8. The van der Waals surface area contributed by atoms with Gasteiger partial charge in [-0.05, 0) is 0 Å². The first-order valence-electron chi connectivity index (χ1n) is 22.1. The molecule has 0 aromatic heterocycles. The molecule has 0 saturated heterocycles. The van der Waals surface area contributed by atoms with Crippen molar-refractivity contribution in [2.45, 2.75) is 125 Å². The Morgan fingerprint density at radius 3 is 1.27 bits per heavy atom. The second-order valence-electron chi connectivity index (χ2n) is 20.7. The molecule has 0 spiro atoms. The van der Waals surface area contributed by atoms with E-state index in [1.807, 2.05) is 0 Å². The first-order valence-corrected chi connectivity index (χ1v) is 38.5. The van der Waals surface area contributed by atoms with Gasteiger partial charge in [-0.3, -0.25) is 0 Å². The van der Waals surface area contributed by atoms with E-state index >= 15 is 0 Å². The number of fused-ring (bicyclic) bond motifs is 6. The Bertz CT molecular complexity index is 2130. The first kappa shape index (κ1) is 38.3. The quantitative estimate of drug-likeness (QED) is 0.147. The summed E-state index contributed by atoms with van der Waals surface area (Å²) in [4.78, 5) is 0. The minimum absolute atomic E-state index is 0.142. The van der Waals surface area contributed by atoms with E-state index in [-0.39, 0.29) is 7.25 Å². The molecule has 0 aliphatic heterocycles. The molecular weight excluding hydrogens is 815 g/mol. The van der Waals surface area contributed by atoms with E-state index in [1.54, 1.807) is 11.1 Å². The fourth-order valence-electron chi connectivity index (χ4n) is 14.1. The van der Waals surface area contributed by atoms with Gasteiger partial charge < -0.3 is 0 Å². The van der Waals surface area contributed by atoms with E-state index in [2.05, 4.69) is 126 Å². The molecule has 4 heteroatoms. The van der Waals surface area contributed by atoms with E-state index < -0.39 is 21.5 Å². The molecule has 4 fully saturated rings. The topological polar surface area (TPSA) is 0 Å². The van der Waals surface area contributed by atoms with Gasteiger partial charge in [0.25, 0.3) is 0 Å². The van der Waals surface area contributed by atoms with Gasteiger partial charge in [-0.2, -0.15) is 0 Å². The van der Waals surface area contributed by atoms with Crippen LogP contribution in [0, 0.1) is 50.4 Å². The molecule has 10 rings (SSSR count). The molecule has 0 amide bonds. The van der Waals surface area contributed by atoms with Crippen molar-refractivity contribution in [2.24, 2.45) is 22.7 Å². The minimum atomic E-state index is -5.03. The Morgan fingerprint density at radius 1 is 0.571 bits per heavy atom. The van der Waals surface area contributed by atoms with E-state index in [0.29, 0.717) is 10.8 Å². The molecule has 2 atom stereocenters. The molecular formula is C52H61Cl2SiZr. The van der Waals surface area contributed by atoms with Gasteiger partial charge in [0.2, 0.25) is 0 Å². The van der Waals surface area contributed by atoms with Crippen LogP contribution in [0.1, 0.15) is 129 Å². The molecule has 56 heavy (non-hydrogen) atoms. The van der Waals surface area contributed by atoms with E-state index in [0.717, 1.165) is 11.8 Å². The van der Waals surface area contributed by atoms with Crippen LogP contribution in [0.15, 0.2) is 83.9 Å². The number of allylic oxidation sites excluding steroid dienone is 2. The van der Waals surface area contributed by atoms with Gasteiger partial charge in [-0.25, -0.2) is 0 Å². The third-order valence-electron chi connectivity index (χ3n) is 16.5. The SMILES string of the molecule is Cc1cc(C)cc(-c2cccc3c2C=C(CC24CCC(CC2)C4)[CH]3[Zr]([Cl])([Cl])([CH]2C(CC34CCC(CC3)C4)=Cc3c(-c4cc(C)cc(C)c4)cccc32)[SiH](C)C)c1. The number of hydrogen-bond donors (Lipinski definition) is 0. The average molecular weight is 876 g/mol. The molecule has 6 aliphatic rings. The second kappa shape index (κ2) is 13.5. The van der Waals surface area contributed by atoms with E-state index in [1.165, 1.54) is 144 Å². The van der Waals surface area contributed by atoms with E-state index in [9.17, 15) is 17.0 Å². The average Bonchev–Trinajstić information content (AvgIpc) is 4.00. The Labute approximate surface area is 346 Å². The van der Waals surface area contributed by atoms with Crippen LogP contribution in [0.25, 0.3) is 34.4 Å². The van der Waals surface area contributed by atoms with Crippen LogP contribution in [-0.4, -0.2) is 5.92 Å². The maximum absolute atomic E-state index is 9.21. The summed E-state index contributed by atoms with van der Waals surface area (Å²) in [5, 5.41) is 0. The van der Waals surface area contributed by atoms with E-state index in [4.69, 9.17) is 0 Å². The van der Waals surface area contributed by atoms with Crippen LogP contribution in [0.4, 0.5) is 0 Å². The second-order valence-corrected chi connectivity index (χ2v) is 63.2. The van der Waals surface area contributed by atoms with Gasteiger partial charge in [0.1, 0.15) is 0 Å². The number of aryl methyl sites for hydroxylation is 4. The van der Waals surface area contributed by atoms with Gasteiger partial charge in [-0.1, -0.05) is 0 Å². The van der Waals surface area contributed by atoms with Gasteiger partial charge in [0.15, 0.2) is 0 Å². The molecule has 4 saturated carbocycles. The Balaban J connectivity index is 1.20. The molecule has 4 aromatic rings. The summed E-state index contributed by atoms with van der Waals surface area (Å²) < 4.78 is 0.283. The van der Waals surface area contributed by atoms with Gasteiger partial charge in [0, 0.05) is 0 Å². The van der Waals surface area contributed by atoms with Crippen molar-refractivity contribution in [3.8, 4) is 22.3 Å². The third kappa shape index (κ3) is 6.02. The first-order chi connectivity index (χ1) is 26.7. The standard InChI is InChI=1S/2C25H27.C2H7Si.2ClH.Zr/c2*1-17-10-18(2)12-22(11-17)23-5-3-4-21-13-20(14-24(21)23)16-25-8-6-19(15-25)7-9-25;1-3-2;;;/h2*3-5,10-14,19H,6-9,15-16H2,1-2H3;3H,1-2H3;2*1H;/q;;;;;+2/p-2. The van der Waals surface area contributed by atoms with Crippen molar-refractivity contribution in [1.82, 2.24) is 0 Å². The summed E-state index contributed by atoms with van der Waals surface area (Å²) in [5.74, 6) is 0.124. The summed E-state index contributed by atoms with van der Waals surface area (Å²) in [6, 6.07) is 28.6. The van der Waals surface area contributed by atoms with Gasteiger partial charge in [-0.15, -0.1) is 0 Å². The molecule has 0 radical (unpaired) electrons. The predicted molar refractivity (Wildman–Crippen MR) is 242 cm³/mol. The summed E-state index contributed by atoms with van der Waals surface area (Å²) in [5.41, 5.74) is 20.5. The molecule has 0 nitrogen and oxygen atoms in total. The Kier molecular flexibility index (Phi) is 9.24. The summed E-state index contributed by atoms with van der Waals surface area (Å²) in [6.07, 6.45) is 21.6. The molecule has 2 unspecified atom stereocenters. The van der Waals surface area contributed by atoms with Crippen LogP contribution in [0.3, 0.4) is 0 Å². The van der Waals surface area contributed by atoms with Crippen LogP contribution in [-0.2, 0) is 15.6 Å². The summed E-state index contributed by atoms with van der Waals surface area (Å²) in [6.45, 7) is 14.1. The normalized spacial score (nSPS) is 29.4. The van der Waals surface area contributed by atoms with Crippen molar-refractivity contribution in [1.29, 1.82) is 0 Å². The fourth-order valence-corrected chi connectivity index (χ4v) is 45.4. The number of rotatable bonds is 9. The summed E-state index contributed by atoms with van der Waals surface area (Å²) in [7, 11) is 18.4. The molecule has 4 bridgehead atoms. The maximum atomic E-state index is 9.21. The van der Waals surface area contributed by atoms with Crippen molar-refractivity contribution in [3.05, 3.63) is 128 Å². The monoisotopic (exact) mass is 873 g/mol. The van der Waals surface area contributed by atoms with Crippen molar-refractivity contribution in [2.75, 3.05) is 0 Å². The zero-order chi connectivity index (χ0) is 38.8. The number of halogens is 2. The third-order valence-corrected chi connectivity index (χ3v) is 68.4. The molecule has 0 N–H and O–H groups in total. The molecule has 0 heterocycles. The van der Waals surface area contributed by atoms with Crippen molar-refractivity contribution in [3.63, 3.8) is 0 Å². The number of benzene rings is 4. The molecule has 4 aromatic carbocycles. The van der Waals surface area contributed by atoms with Crippen molar-refractivity contribution < 1.29 is 15.6 Å². The van der Waals surface area contributed by atoms with Crippen LogP contribution in [0.5, 0.6) is 0 Å². The Hall–Kier alpha value is -1.96. The number of hydrogen-bond acceptors (Lipinski definition) is 0. The summed E-state index contributed by atoms with van der Waals surface area (Å²) >= 11 is -5.03. The van der Waals surface area contributed by atoms with Crippen LogP contribution in [0.2, 0.25) is 13.1 Å². The van der Waals surface area contributed by atoms with Gasteiger partial charge >= 0.3 is 349 Å².